The second-order valence-electron chi connectivity index (χ2n) is 3.63. The van der Waals surface area contributed by atoms with Crippen molar-refractivity contribution in [2.24, 2.45) is 5.41 Å². The molecule has 0 N–H and O–H groups in total. The highest BCUT2D eigenvalue weighted by molar-refractivity contribution is 5.79. The molecule has 4 heteroatoms. The molecular weight excluding hydrogens is 169 g/mol. The van der Waals surface area contributed by atoms with Crippen LogP contribution in [0.1, 0.15) is 32.6 Å². The summed E-state index contributed by atoms with van der Waals surface area (Å²) in [6.07, 6.45) is -3.80. The van der Waals surface area contributed by atoms with Gasteiger partial charge in [0.1, 0.15) is 5.78 Å². The maximum atomic E-state index is 12.3. The summed E-state index contributed by atoms with van der Waals surface area (Å²) in [5.41, 5.74) is -1.76. The minimum Gasteiger partial charge on any atom is -0.300 e. The largest absolute Gasteiger partial charge is 0.394 e. The van der Waals surface area contributed by atoms with Crippen LogP contribution in [-0.2, 0) is 4.79 Å². The number of halogens is 3. The van der Waals surface area contributed by atoms with Crippen molar-refractivity contribution in [3.63, 3.8) is 0 Å². The van der Waals surface area contributed by atoms with E-state index in [1.165, 1.54) is 0 Å². The van der Waals surface area contributed by atoms with E-state index < -0.39 is 11.6 Å². The number of hydrogen-bond donors (Lipinski definition) is 0. The fraction of sp³-hybridized carbons (Fsp3) is 0.875. The van der Waals surface area contributed by atoms with Gasteiger partial charge in [0, 0.05) is 12.8 Å². The first kappa shape index (κ1) is 9.55. The van der Waals surface area contributed by atoms with Crippen molar-refractivity contribution in [1.82, 2.24) is 0 Å². The van der Waals surface area contributed by atoms with Gasteiger partial charge in [-0.1, -0.05) is 6.92 Å². The van der Waals surface area contributed by atoms with Gasteiger partial charge in [0.2, 0.25) is 0 Å². The fourth-order valence-corrected chi connectivity index (χ4v) is 1.53. The van der Waals surface area contributed by atoms with Crippen LogP contribution in [-0.4, -0.2) is 12.0 Å². The SMILES string of the molecule is CC1(C(F)(F)F)CCCC(=O)C1. The Morgan fingerprint density at radius 1 is 1.42 bits per heavy atom. The van der Waals surface area contributed by atoms with Gasteiger partial charge < -0.3 is 0 Å². The van der Waals surface area contributed by atoms with E-state index >= 15 is 0 Å². The highest BCUT2D eigenvalue weighted by Crippen LogP contribution is 2.47. The van der Waals surface area contributed by atoms with Crippen LogP contribution in [0.3, 0.4) is 0 Å². The summed E-state index contributed by atoms with van der Waals surface area (Å²) in [7, 11) is 0. The predicted molar refractivity (Wildman–Crippen MR) is 37.6 cm³/mol. The normalized spacial score (nSPS) is 32.2. The van der Waals surface area contributed by atoms with Crippen LogP contribution in [0.4, 0.5) is 13.2 Å². The van der Waals surface area contributed by atoms with Crippen molar-refractivity contribution in [2.75, 3.05) is 0 Å². The molecule has 1 aliphatic rings. The van der Waals surface area contributed by atoms with Crippen molar-refractivity contribution >= 4 is 5.78 Å². The first-order valence-corrected chi connectivity index (χ1v) is 3.94. The third-order valence-corrected chi connectivity index (χ3v) is 2.46. The predicted octanol–water partition coefficient (Wildman–Crippen LogP) is 2.70. The number of carbonyl (C=O) groups is 1. The Balaban J connectivity index is 2.77. The summed E-state index contributed by atoms with van der Waals surface area (Å²) in [6, 6.07) is 0. The van der Waals surface area contributed by atoms with Crippen LogP contribution in [0.15, 0.2) is 0 Å². The highest BCUT2D eigenvalue weighted by Gasteiger charge is 2.52. The molecule has 0 aromatic rings. The van der Waals surface area contributed by atoms with Gasteiger partial charge in [0.15, 0.2) is 0 Å². The summed E-state index contributed by atoms with van der Waals surface area (Å²) in [5.74, 6) is -0.263. The lowest BCUT2D eigenvalue weighted by atomic mass is 9.74. The Morgan fingerprint density at radius 3 is 2.33 bits per heavy atom. The summed E-state index contributed by atoms with van der Waals surface area (Å²) < 4.78 is 37.0. The van der Waals surface area contributed by atoms with Gasteiger partial charge in [-0.25, -0.2) is 0 Å². The number of rotatable bonds is 0. The lowest BCUT2D eigenvalue weighted by Crippen LogP contribution is -2.39. The Kier molecular flexibility index (Phi) is 2.19. The van der Waals surface area contributed by atoms with Crippen LogP contribution in [0, 0.1) is 5.41 Å². The highest BCUT2D eigenvalue weighted by atomic mass is 19.4. The first-order chi connectivity index (χ1) is 5.35. The van der Waals surface area contributed by atoms with E-state index in [9.17, 15) is 18.0 Å². The molecule has 0 aromatic carbocycles. The third kappa shape index (κ3) is 1.62. The minimum atomic E-state index is -4.23. The van der Waals surface area contributed by atoms with Crippen LogP contribution in [0.5, 0.6) is 0 Å². The second kappa shape index (κ2) is 2.75. The molecule has 0 radical (unpaired) electrons. The molecule has 1 saturated carbocycles. The standard InChI is InChI=1S/C8H11F3O/c1-7(8(9,10)11)4-2-3-6(12)5-7/h2-5H2,1H3. The van der Waals surface area contributed by atoms with Gasteiger partial charge in [-0.05, 0) is 12.8 Å². The summed E-state index contributed by atoms with van der Waals surface area (Å²) in [6.45, 7) is 1.13. The van der Waals surface area contributed by atoms with Crippen molar-refractivity contribution < 1.29 is 18.0 Å². The van der Waals surface area contributed by atoms with E-state index in [1.54, 1.807) is 0 Å². The van der Waals surface area contributed by atoms with Crippen molar-refractivity contribution in [1.29, 1.82) is 0 Å². The summed E-state index contributed by atoms with van der Waals surface area (Å²) in [4.78, 5) is 10.8. The number of Topliss-reactive ketones (excluding diaryl/α,β-unsaturated/α-hetero) is 1. The number of alkyl halides is 3. The number of carbonyl (C=O) groups excluding carboxylic acids is 1. The lowest BCUT2D eigenvalue weighted by Gasteiger charge is -2.34. The zero-order valence-corrected chi connectivity index (χ0v) is 6.87. The Hall–Kier alpha value is -0.540. The van der Waals surface area contributed by atoms with Gasteiger partial charge in [-0.3, -0.25) is 4.79 Å². The number of ketones is 1. The molecule has 1 aliphatic carbocycles. The topological polar surface area (TPSA) is 17.1 Å². The summed E-state index contributed by atoms with van der Waals surface area (Å²) >= 11 is 0. The molecule has 70 valence electrons. The average molecular weight is 180 g/mol. The molecule has 0 amide bonds. The molecule has 12 heavy (non-hydrogen) atoms. The molecule has 0 heterocycles. The maximum Gasteiger partial charge on any atom is 0.394 e. The van der Waals surface area contributed by atoms with E-state index in [-0.39, 0.29) is 18.6 Å². The molecular formula is C8H11F3O. The van der Waals surface area contributed by atoms with Gasteiger partial charge in [-0.15, -0.1) is 0 Å². The lowest BCUT2D eigenvalue weighted by molar-refractivity contribution is -0.225. The molecule has 0 spiro atoms. The van der Waals surface area contributed by atoms with Gasteiger partial charge in [0.25, 0.3) is 0 Å². The van der Waals surface area contributed by atoms with Crippen LogP contribution >= 0.6 is 0 Å². The van der Waals surface area contributed by atoms with Gasteiger partial charge in [-0.2, -0.15) is 13.2 Å². The van der Waals surface area contributed by atoms with E-state index in [4.69, 9.17) is 0 Å². The quantitative estimate of drug-likeness (QED) is 0.560. The molecule has 1 fully saturated rings. The first-order valence-electron chi connectivity index (χ1n) is 3.94. The second-order valence-corrected chi connectivity index (χ2v) is 3.63. The molecule has 0 aliphatic heterocycles. The molecule has 0 aromatic heterocycles. The van der Waals surface area contributed by atoms with Crippen molar-refractivity contribution in [3.05, 3.63) is 0 Å². The van der Waals surface area contributed by atoms with Crippen molar-refractivity contribution in [3.8, 4) is 0 Å². The monoisotopic (exact) mass is 180 g/mol. The Bertz CT molecular complexity index is 197. The molecule has 0 saturated heterocycles. The molecule has 1 unspecified atom stereocenters. The molecule has 0 bridgehead atoms. The average Bonchev–Trinajstić information content (AvgIpc) is 1.83. The molecule has 1 rings (SSSR count). The summed E-state index contributed by atoms with van der Waals surface area (Å²) in [5, 5.41) is 0. The van der Waals surface area contributed by atoms with Gasteiger partial charge >= 0.3 is 6.18 Å². The van der Waals surface area contributed by atoms with Gasteiger partial charge in [0.05, 0.1) is 5.41 Å². The Morgan fingerprint density at radius 2 is 2.00 bits per heavy atom. The third-order valence-electron chi connectivity index (χ3n) is 2.46. The van der Waals surface area contributed by atoms with E-state index in [0.717, 1.165) is 6.92 Å². The Labute approximate surface area is 68.9 Å². The maximum absolute atomic E-state index is 12.3. The van der Waals surface area contributed by atoms with E-state index in [2.05, 4.69) is 0 Å². The fourth-order valence-electron chi connectivity index (χ4n) is 1.53. The molecule has 1 atom stereocenters. The smallest absolute Gasteiger partial charge is 0.300 e. The zero-order chi connectivity index (χ0) is 9.41. The molecule has 1 nitrogen and oxygen atoms in total. The minimum absolute atomic E-state index is 0.0856. The number of hydrogen-bond acceptors (Lipinski definition) is 1. The zero-order valence-electron chi connectivity index (χ0n) is 6.87. The van der Waals surface area contributed by atoms with E-state index in [1.807, 2.05) is 0 Å². The van der Waals surface area contributed by atoms with Crippen LogP contribution in [0.25, 0.3) is 0 Å². The van der Waals surface area contributed by atoms with E-state index in [0.29, 0.717) is 12.8 Å². The van der Waals surface area contributed by atoms with Crippen molar-refractivity contribution in [2.45, 2.75) is 38.8 Å². The van der Waals surface area contributed by atoms with Crippen LogP contribution < -0.4 is 0 Å². The van der Waals surface area contributed by atoms with Crippen LogP contribution in [0.2, 0.25) is 0 Å².